The fraction of sp³-hybridized carbons (Fsp3) is 0.591. The van der Waals surface area contributed by atoms with E-state index in [2.05, 4.69) is 12.2 Å². The molecule has 0 bridgehead atoms. The third-order valence-corrected chi connectivity index (χ3v) is 6.26. The van der Waals surface area contributed by atoms with Crippen molar-refractivity contribution in [1.29, 1.82) is 0 Å². The minimum absolute atomic E-state index is 0.0272. The molecule has 3 N–H and O–H groups in total. The van der Waals surface area contributed by atoms with Crippen molar-refractivity contribution in [2.24, 2.45) is 11.1 Å². The van der Waals surface area contributed by atoms with Gasteiger partial charge >= 0.3 is 0 Å². The van der Waals surface area contributed by atoms with Crippen LogP contribution in [0, 0.1) is 5.41 Å². The molecule has 0 atom stereocenters. The zero-order valence-electron chi connectivity index (χ0n) is 17.0. The van der Waals surface area contributed by atoms with Crippen LogP contribution >= 0.6 is 0 Å². The molecule has 2 fully saturated rings. The van der Waals surface area contributed by atoms with E-state index in [1.165, 1.54) is 5.56 Å². The average molecular weight is 390 g/mol. The molecule has 0 aliphatic heterocycles. The van der Waals surface area contributed by atoms with E-state index >= 15 is 0 Å². The minimum atomic E-state index is -0.329. The number of methoxy groups -OCH3 is 1. The molecule has 1 aromatic carbocycles. The topological polar surface area (TPSA) is 73.6 Å². The summed E-state index contributed by atoms with van der Waals surface area (Å²) in [5.41, 5.74) is 6.68. The molecule has 0 spiro atoms. The number of nitrogens with two attached hydrogens (primary N) is 1. The number of benzene rings is 1. The molecule has 0 radical (unpaired) electrons. The summed E-state index contributed by atoms with van der Waals surface area (Å²) in [6.07, 6.45) is 4.21. The first kappa shape index (κ1) is 20.8. The maximum atomic E-state index is 12.7. The van der Waals surface area contributed by atoms with E-state index in [0.29, 0.717) is 17.7 Å². The van der Waals surface area contributed by atoms with Gasteiger partial charge in [-0.05, 0) is 48.8 Å². The average Bonchev–Trinajstić information content (AvgIpc) is 2.64. The number of rotatable bonds is 8. The number of ether oxygens (including phenoxy) is 2. The summed E-state index contributed by atoms with van der Waals surface area (Å²) >= 11 is 0. The highest BCUT2D eigenvalue weighted by Crippen LogP contribution is 2.55. The summed E-state index contributed by atoms with van der Waals surface area (Å²) in [6, 6.07) is 8.09. The maximum Gasteiger partial charge on any atom is 0.226 e. The molecule has 2 aliphatic rings. The van der Waals surface area contributed by atoms with Gasteiger partial charge in [-0.1, -0.05) is 26.0 Å². The van der Waals surface area contributed by atoms with E-state index < -0.39 is 0 Å². The lowest BCUT2D eigenvalue weighted by molar-refractivity contribution is -0.141. The Balaban J connectivity index is 1.53. The van der Waals surface area contributed by atoms with Gasteiger partial charge in [0.15, 0.2) is 0 Å². The normalized spacial score (nSPS) is 32.2. The highest BCUT2D eigenvalue weighted by Gasteiger charge is 2.54. The van der Waals surface area contributed by atoms with Crippen LogP contribution in [-0.2, 0) is 14.9 Å². The quantitative estimate of drug-likeness (QED) is 0.715. The molecular formula is C22H31FN2O3. The number of carbonyl (C=O) groups is 1. The van der Waals surface area contributed by atoms with Crippen LogP contribution in [0.25, 0.3) is 0 Å². The largest absolute Gasteiger partial charge is 0.489 e. The predicted octanol–water partition coefficient (Wildman–Crippen LogP) is 3.23. The lowest BCUT2D eigenvalue weighted by Gasteiger charge is -2.53. The van der Waals surface area contributed by atoms with Crippen LogP contribution in [0.4, 0.5) is 4.39 Å². The first-order chi connectivity index (χ1) is 13.3. The van der Waals surface area contributed by atoms with Crippen LogP contribution in [0.2, 0.25) is 0 Å². The number of halogens is 1. The van der Waals surface area contributed by atoms with Gasteiger partial charge in [0.25, 0.3) is 0 Å². The molecule has 2 aliphatic carbocycles. The third kappa shape index (κ3) is 4.23. The summed E-state index contributed by atoms with van der Waals surface area (Å²) in [6.45, 7) is 4.53. The molecule has 1 amide bonds. The van der Waals surface area contributed by atoms with Crippen LogP contribution in [0.5, 0.6) is 5.75 Å². The minimum Gasteiger partial charge on any atom is -0.489 e. The molecule has 154 valence electrons. The van der Waals surface area contributed by atoms with Crippen molar-refractivity contribution < 1.29 is 18.7 Å². The Bertz CT molecular complexity index is 720. The van der Waals surface area contributed by atoms with Crippen molar-refractivity contribution in [3.8, 4) is 5.75 Å². The highest BCUT2D eigenvalue weighted by atomic mass is 19.1. The SMILES string of the molecule is COC1CC(NC(=O)C2(C)CC(C)(c3ccc(OC/C(=C/F)CN)cc3)C2)C1. The van der Waals surface area contributed by atoms with Crippen LogP contribution in [0.15, 0.2) is 36.2 Å². The van der Waals surface area contributed by atoms with Crippen molar-refractivity contribution in [3.63, 3.8) is 0 Å². The van der Waals surface area contributed by atoms with Crippen LogP contribution in [0.1, 0.15) is 45.1 Å². The van der Waals surface area contributed by atoms with Gasteiger partial charge in [-0.25, -0.2) is 4.39 Å². The fourth-order valence-electron chi connectivity index (χ4n) is 4.54. The molecule has 0 heterocycles. The summed E-state index contributed by atoms with van der Waals surface area (Å²) in [5, 5.41) is 3.17. The summed E-state index contributed by atoms with van der Waals surface area (Å²) in [5.74, 6) is 0.828. The number of carbonyl (C=O) groups excluding carboxylic acids is 1. The van der Waals surface area contributed by atoms with Crippen molar-refractivity contribution in [3.05, 3.63) is 41.7 Å². The Morgan fingerprint density at radius 2 is 1.93 bits per heavy atom. The molecular weight excluding hydrogens is 359 g/mol. The molecule has 1 aromatic rings. The van der Waals surface area contributed by atoms with E-state index in [1.807, 2.05) is 31.2 Å². The summed E-state index contributed by atoms with van der Waals surface area (Å²) in [4.78, 5) is 12.7. The molecule has 0 unspecified atom stereocenters. The Morgan fingerprint density at radius 1 is 1.29 bits per heavy atom. The molecule has 2 saturated carbocycles. The first-order valence-corrected chi connectivity index (χ1v) is 9.87. The maximum absolute atomic E-state index is 12.7. The number of amides is 1. The number of hydrogen-bond donors (Lipinski definition) is 2. The van der Waals surface area contributed by atoms with E-state index in [4.69, 9.17) is 15.2 Å². The first-order valence-electron chi connectivity index (χ1n) is 9.87. The highest BCUT2D eigenvalue weighted by molar-refractivity contribution is 5.84. The fourth-order valence-corrected chi connectivity index (χ4v) is 4.54. The molecule has 0 saturated heterocycles. The van der Waals surface area contributed by atoms with E-state index in [1.54, 1.807) is 7.11 Å². The predicted molar refractivity (Wildman–Crippen MR) is 107 cm³/mol. The Hall–Kier alpha value is -1.92. The second-order valence-corrected chi connectivity index (χ2v) is 8.76. The van der Waals surface area contributed by atoms with E-state index in [9.17, 15) is 9.18 Å². The molecule has 0 aromatic heterocycles. The lowest BCUT2D eigenvalue weighted by Crippen LogP contribution is -2.58. The van der Waals surface area contributed by atoms with Gasteiger partial charge in [0.2, 0.25) is 5.91 Å². The monoisotopic (exact) mass is 390 g/mol. The van der Waals surface area contributed by atoms with Gasteiger partial charge in [0.1, 0.15) is 12.4 Å². The smallest absolute Gasteiger partial charge is 0.226 e. The molecule has 5 nitrogen and oxygen atoms in total. The zero-order valence-corrected chi connectivity index (χ0v) is 17.0. The van der Waals surface area contributed by atoms with E-state index in [0.717, 1.165) is 25.7 Å². The number of nitrogens with one attached hydrogen (secondary N) is 1. The number of hydrogen-bond acceptors (Lipinski definition) is 4. The van der Waals surface area contributed by atoms with Crippen molar-refractivity contribution in [1.82, 2.24) is 5.32 Å². The van der Waals surface area contributed by atoms with Gasteiger partial charge in [0.05, 0.1) is 12.4 Å². The Morgan fingerprint density at radius 3 is 2.46 bits per heavy atom. The van der Waals surface area contributed by atoms with Gasteiger partial charge in [-0.2, -0.15) is 0 Å². The Kier molecular flexibility index (Phi) is 6.10. The third-order valence-electron chi connectivity index (χ3n) is 6.26. The standard InChI is InChI=1S/C22H31FN2O3/c1-21(16-4-6-18(7-5-16)28-12-15(10-23)11-24)13-22(2,14-21)20(26)25-17-8-19(9-17)27-3/h4-7,10,17,19H,8-9,11-14,24H2,1-3H3,(H,25,26)/b15-10+. The van der Waals surface area contributed by atoms with Crippen molar-refractivity contribution in [2.45, 2.75) is 57.1 Å². The summed E-state index contributed by atoms with van der Waals surface area (Å²) in [7, 11) is 1.71. The Labute approximate surface area is 166 Å². The van der Waals surface area contributed by atoms with Crippen LogP contribution < -0.4 is 15.8 Å². The second kappa shape index (κ2) is 8.21. The second-order valence-electron chi connectivity index (χ2n) is 8.76. The lowest BCUT2D eigenvalue weighted by atomic mass is 9.51. The summed E-state index contributed by atoms with van der Waals surface area (Å²) < 4.78 is 23.4. The van der Waals surface area contributed by atoms with Crippen molar-refractivity contribution >= 4 is 5.91 Å². The van der Waals surface area contributed by atoms with Crippen molar-refractivity contribution in [2.75, 3.05) is 20.3 Å². The molecule has 6 heteroatoms. The van der Waals surface area contributed by atoms with E-state index in [-0.39, 0.29) is 42.0 Å². The molecule has 3 rings (SSSR count). The van der Waals surface area contributed by atoms with Crippen LogP contribution in [0.3, 0.4) is 0 Å². The molecule has 28 heavy (non-hydrogen) atoms. The van der Waals surface area contributed by atoms with Gasteiger partial charge in [-0.3, -0.25) is 4.79 Å². The zero-order chi connectivity index (χ0) is 20.4. The van der Waals surface area contributed by atoms with Crippen LogP contribution in [-0.4, -0.2) is 38.3 Å². The van der Waals surface area contributed by atoms with Gasteiger partial charge in [-0.15, -0.1) is 0 Å². The van der Waals surface area contributed by atoms with Gasteiger partial charge in [0, 0.05) is 30.7 Å². The van der Waals surface area contributed by atoms with Gasteiger partial charge < -0.3 is 20.5 Å².